The molecule has 0 spiro atoms. The van der Waals surface area contributed by atoms with Crippen LogP contribution in [0.1, 0.15) is 17.8 Å². The van der Waals surface area contributed by atoms with E-state index in [4.69, 9.17) is 0 Å². The molecule has 1 atom stereocenters. The molecule has 7 nitrogen and oxygen atoms in total. The van der Waals surface area contributed by atoms with Gasteiger partial charge in [0.25, 0.3) is 0 Å². The predicted octanol–water partition coefficient (Wildman–Crippen LogP) is 2.35. The summed E-state index contributed by atoms with van der Waals surface area (Å²) in [5.41, 5.74) is 7.71. The minimum Gasteiger partial charge on any atom is -0.312 e. The third kappa shape index (κ3) is 4.14. The first kappa shape index (κ1) is 17.3. The highest BCUT2D eigenvalue weighted by Gasteiger charge is 2.35. The number of anilines is 2. The molecule has 1 saturated heterocycles. The van der Waals surface area contributed by atoms with Crippen LogP contribution < -0.4 is 15.8 Å². The number of amides is 2. The summed E-state index contributed by atoms with van der Waals surface area (Å²) in [6, 6.07) is 9.31. The first-order chi connectivity index (χ1) is 11.9. The van der Waals surface area contributed by atoms with Crippen molar-refractivity contribution in [3.63, 3.8) is 0 Å². The van der Waals surface area contributed by atoms with E-state index in [1.54, 1.807) is 4.90 Å². The molecule has 1 fully saturated rings. The van der Waals surface area contributed by atoms with Crippen LogP contribution in [-0.4, -0.2) is 28.3 Å². The molecule has 1 aliphatic rings. The van der Waals surface area contributed by atoms with Crippen LogP contribution in [0.15, 0.2) is 34.8 Å². The number of hydrogen-bond acceptors (Lipinski definition) is 5. The minimum atomic E-state index is -0.426. The Morgan fingerprint density at radius 1 is 1.24 bits per heavy atom. The van der Waals surface area contributed by atoms with Gasteiger partial charge in [-0.05, 0) is 38.1 Å². The second-order valence-electron chi connectivity index (χ2n) is 5.97. The van der Waals surface area contributed by atoms with Gasteiger partial charge in [-0.3, -0.25) is 20.4 Å². The van der Waals surface area contributed by atoms with Crippen molar-refractivity contribution in [3.8, 4) is 0 Å². The highest BCUT2D eigenvalue weighted by molar-refractivity contribution is 9.10. The van der Waals surface area contributed by atoms with Crippen LogP contribution in [0.25, 0.3) is 0 Å². The molecule has 1 aliphatic heterocycles. The summed E-state index contributed by atoms with van der Waals surface area (Å²) in [4.78, 5) is 34.6. The maximum atomic E-state index is 12.4. The summed E-state index contributed by atoms with van der Waals surface area (Å²) in [5.74, 6) is -0.418. The molecule has 25 heavy (non-hydrogen) atoms. The second kappa shape index (κ2) is 7.18. The molecule has 0 radical (unpaired) electrons. The number of rotatable bonds is 4. The van der Waals surface area contributed by atoms with Crippen molar-refractivity contribution >= 4 is 39.4 Å². The molecular weight excluding hydrogens is 386 g/mol. The summed E-state index contributed by atoms with van der Waals surface area (Å²) in [5, 5.41) is 0. The van der Waals surface area contributed by atoms with E-state index >= 15 is 0 Å². The molecule has 130 valence electrons. The average molecular weight is 404 g/mol. The normalized spacial score (nSPS) is 16.8. The topological polar surface area (TPSA) is 87.2 Å². The Morgan fingerprint density at radius 3 is 2.64 bits per heavy atom. The van der Waals surface area contributed by atoms with E-state index in [9.17, 15) is 9.59 Å². The molecule has 2 aromatic rings. The van der Waals surface area contributed by atoms with Crippen molar-refractivity contribution in [1.29, 1.82) is 0 Å². The van der Waals surface area contributed by atoms with Crippen LogP contribution in [0.3, 0.4) is 0 Å². The van der Waals surface area contributed by atoms with E-state index in [0.29, 0.717) is 12.5 Å². The lowest BCUT2D eigenvalue weighted by Crippen LogP contribution is -2.37. The summed E-state index contributed by atoms with van der Waals surface area (Å²) in [6.45, 7) is 4.05. The Kier molecular flexibility index (Phi) is 4.98. The summed E-state index contributed by atoms with van der Waals surface area (Å²) < 4.78 is 0.888. The van der Waals surface area contributed by atoms with Gasteiger partial charge in [0.2, 0.25) is 17.8 Å². The minimum absolute atomic E-state index is 0.0686. The smallest absolute Gasteiger partial charge is 0.243 e. The lowest BCUT2D eigenvalue weighted by atomic mass is 10.1. The summed E-state index contributed by atoms with van der Waals surface area (Å²) in [6.07, 6.45) is 0.174. The van der Waals surface area contributed by atoms with Crippen molar-refractivity contribution in [2.45, 2.75) is 20.3 Å². The van der Waals surface area contributed by atoms with Gasteiger partial charge < -0.3 is 4.90 Å². The lowest BCUT2D eigenvalue weighted by molar-refractivity contribution is -0.125. The molecule has 3 rings (SSSR count). The Balaban J connectivity index is 1.62. The van der Waals surface area contributed by atoms with Crippen molar-refractivity contribution in [1.82, 2.24) is 15.4 Å². The number of carbonyl (C=O) groups excluding carboxylic acids is 2. The van der Waals surface area contributed by atoms with Crippen LogP contribution in [0.4, 0.5) is 11.6 Å². The number of aromatic nitrogens is 2. The quantitative estimate of drug-likeness (QED) is 0.764. The van der Waals surface area contributed by atoms with E-state index in [-0.39, 0.29) is 18.2 Å². The molecule has 2 heterocycles. The summed E-state index contributed by atoms with van der Waals surface area (Å²) in [7, 11) is 0. The highest BCUT2D eigenvalue weighted by Crippen LogP contribution is 2.27. The van der Waals surface area contributed by atoms with Crippen LogP contribution >= 0.6 is 15.9 Å². The summed E-state index contributed by atoms with van der Waals surface area (Å²) >= 11 is 3.39. The number of nitrogens with one attached hydrogen (secondary N) is 2. The van der Waals surface area contributed by atoms with E-state index in [1.165, 1.54) is 0 Å². The number of hydrazine groups is 1. The number of halogens is 1. The van der Waals surface area contributed by atoms with Gasteiger partial charge >= 0.3 is 0 Å². The standard InChI is InChI=1S/C17H18BrN5O2/c1-10-6-11(2)20-17(19-10)22-21-16(25)12-7-15(24)23(9-12)14-5-3-4-13(18)8-14/h3-6,8,12H,7,9H2,1-2H3,(H,21,25)(H,19,20,22). The van der Waals surface area contributed by atoms with Crippen molar-refractivity contribution in [2.24, 2.45) is 5.92 Å². The first-order valence-electron chi connectivity index (χ1n) is 7.86. The monoisotopic (exact) mass is 403 g/mol. The van der Waals surface area contributed by atoms with Crippen molar-refractivity contribution in [3.05, 3.63) is 46.2 Å². The fraction of sp³-hybridized carbons (Fsp3) is 0.294. The number of nitrogens with zero attached hydrogens (tertiary/aromatic N) is 3. The van der Waals surface area contributed by atoms with Crippen LogP contribution in [0, 0.1) is 19.8 Å². The maximum Gasteiger partial charge on any atom is 0.243 e. The van der Waals surface area contributed by atoms with Crippen LogP contribution in [-0.2, 0) is 9.59 Å². The van der Waals surface area contributed by atoms with Gasteiger partial charge in [0.1, 0.15) is 0 Å². The van der Waals surface area contributed by atoms with Crippen LogP contribution in [0.5, 0.6) is 0 Å². The van der Waals surface area contributed by atoms with E-state index in [2.05, 4.69) is 36.7 Å². The lowest BCUT2D eigenvalue weighted by Gasteiger charge is -2.17. The zero-order chi connectivity index (χ0) is 18.0. The van der Waals surface area contributed by atoms with Crippen molar-refractivity contribution < 1.29 is 9.59 Å². The van der Waals surface area contributed by atoms with Gasteiger partial charge in [0, 0.05) is 34.5 Å². The average Bonchev–Trinajstić information content (AvgIpc) is 2.94. The number of benzene rings is 1. The van der Waals surface area contributed by atoms with Gasteiger partial charge in [-0.25, -0.2) is 9.97 Å². The van der Waals surface area contributed by atoms with E-state index in [1.807, 2.05) is 44.2 Å². The molecule has 0 aliphatic carbocycles. The third-order valence-electron chi connectivity index (χ3n) is 3.90. The molecule has 2 amide bonds. The van der Waals surface area contributed by atoms with E-state index < -0.39 is 5.92 Å². The predicted molar refractivity (Wildman–Crippen MR) is 97.9 cm³/mol. The maximum absolute atomic E-state index is 12.4. The van der Waals surface area contributed by atoms with E-state index in [0.717, 1.165) is 21.5 Å². The number of hydrogen-bond donors (Lipinski definition) is 2. The Hall–Kier alpha value is -2.48. The molecule has 2 N–H and O–H groups in total. The molecular formula is C17H18BrN5O2. The number of carbonyl (C=O) groups is 2. The Morgan fingerprint density at radius 2 is 1.96 bits per heavy atom. The SMILES string of the molecule is Cc1cc(C)nc(NNC(=O)C2CC(=O)N(c3cccc(Br)c3)C2)n1. The third-order valence-corrected chi connectivity index (χ3v) is 4.39. The largest absolute Gasteiger partial charge is 0.312 e. The first-order valence-corrected chi connectivity index (χ1v) is 8.66. The second-order valence-corrected chi connectivity index (χ2v) is 6.89. The number of aryl methyl sites for hydroxylation is 2. The molecule has 8 heteroatoms. The van der Waals surface area contributed by atoms with Gasteiger partial charge in [-0.2, -0.15) is 0 Å². The highest BCUT2D eigenvalue weighted by atomic mass is 79.9. The van der Waals surface area contributed by atoms with Crippen LogP contribution in [0.2, 0.25) is 0 Å². The fourth-order valence-corrected chi connectivity index (χ4v) is 3.17. The molecule has 0 saturated carbocycles. The zero-order valence-corrected chi connectivity index (χ0v) is 15.5. The van der Waals surface area contributed by atoms with Gasteiger partial charge in [0.05, 0.1) is 5.92 Å². The zero-order valence-electron chi connectivity index (χ0n) is 13.9. The fourth-order valence-electron chi connectivity index (χ4n) is 2.78. The Labute approximate surface area is 153 Å². The van der Waals surface area contributed by atoms with Crippen molar-refractivity contribution in [2.75, 3.05) is 16.9 Å². The van der Waals surface area contributed by atoms with Gasteiger partial charge in [-0.1, -0.05) is 22.0 Å². The molecule has 0 bridgehead atoms. The van der Waals surface area contributed by atoms with Gasteiger partial charge in [0.15, 0.2) is 0 Å². The molecule has 1 unspecified atom stereocenters. The van der Waals surface area contributed by atoms with Gasteiger partial charge in [-0.15, -0.1) is 0 Å². The molecule has 1 aromatic heterocycles. The molecule has 1 aromatic carbocycles. The Bertz CT molecular complexity index is 806.